The van der Waals surface area contributed by atoms with E-state index in [4.69, 9.17) is 4.43 Å². The van der Waals surface area contributed by atoms with Crippen molar-refractivity contribution in [3.8, 4) is 0 Å². The van der Waals surface area contributed by atoms with Crippen molar-refractivity contribution in [1.82, 2.24) is 0 Å². The van der Waals surface area contributed by atoms with Gasteiger partial charge in [-0.3, -0.25) is 0 Å². The van der Waals surface area contributed by atoms with Gasteiger partial charge in [-0.2, -0.15) is 0 Å². The lowest BCUT2D eigenvalue weighted by Crippen LogP contribution is -2.45. The third kappa shape index (κ3) is 2.56. The lowest BCUT2D eigenvalue weighted by atomic mass is 10.6. The normalized spacial score (nSPS) is 15.0. The van der Waals surface area contributed by atoms with E-state index in [0.717, 1.165) is 0 Å². The number of hydrogen-bond acceptors (Lipinski definition) is 1. The molecule has 0 rings (SSSR count). The molecule has 0 aromatic rings. The van der Waals surface area contributed by atoms with E-state index in [1.54, 1.807) is 0 Å². The van der Waals surface area contributed by atoms with Gasteiger partial charge in [0.25, 0.3) is 0 Å². The number of hydrogen-bond donors (Lipinski definition) is 0. The fourth-order valence-corrected chi connectivity index (χ4v) is 6.95. The van der Waals surface area contributed by atoms with Gasteiger partial charge < -0.3 is 4.43 Å². The molecule has 11 heavy (non-hydrogen) atoms. The fraction of sp³-hybridized carbons (Fsp3) is 1.00. The van der Waals surface area contributed by atoms with E-state index in [-0.39, 0.29) is 0 Å². The number of alkyl halides is 1. The van der Waals surface area contributed by atoms with E-state index in [2.05, 4.69) is 36.7 Å². The molecule has 0 radical (unpaired) electrons. The third-order valence-electron chi connectivity index (χ3n) is 2.53. The van der Waals surface area contributed by atoms with Crippen molar-refractivity contribution in [2.24, 2.45) is 0 Å². The molecule has 0 spiro atoms. The van der Waals surface area contributed by atoms with Gasteiger partial charge in [0.05, 0.1) is 0 Å². The van der Waals surface area contributed by atoms with E-state index >= 15 is 0 Å². The van der Waals surface area contributed by atoms with Gasteiger partial charge in [0.2, 0.25) is 8.32 Å². The van der Waals surface area contributed by atoms with Crippen molar-refractivity contribution < 1.29 is 4.43 Å². The Kier molecular flexibility index (Phi) is 5.65. The van der Waals surface area contributed by atoms with E-state index in [1.165, 1.54) is 18.5 Å². The first-order chi connectivity index (χ1) is 5.16. The molecule has 1 unspecified atom stereocenters. The quantitative estimate of drug-likeness (QED) is 0.528. The van der Waals surface area contributed by atoms with Crippen LogP contribution in [0.4, 0.5) is 0 Å². The van der Waals surface area contributed by atoms with Crippen LogP contribution in [0.1, 0.15) is 27.2 Å². The minimum absolute atomic E-state index is 0.620. The Balaban J connectivity index is 4.26. The van der Waals surface area contributed by atoms with Crippen LogP contribution < -0.4 is 0 Å². The van der Waals surface area contributed by atoms with Crippen molar-refractivity contribution in [2.75, 3.05) is 7.11 Å². The molecular formula is C8H19BrOSi. The third-order valence-corrected chi connectivity index (χ3v) is 10.4. The Hall–Kier alpha value is 0.657. The maximum atomic E-state index is 5.68. The van der Waals surface area contributed by atoms with Crippen molar-refractivity contribution in [3.63, 3.8) is 0 Å². The van der Waals surface area contributed by atoms with Gasteiger partial charge >= 0.3 is 0 Å². The summed E-state index contributed by atoms with van der Waals surface area (Å²) in [5.41, 5.74) is 0. The lowest BCUT2D eigenvalue weighted by Gasteiger charge is -2.31. The van der Waals surface area contributed by atoms with Gasteiger partial charge in [-0.25, -0.2) is 0 Å². The summed E-state index contributed by atoms with van der Waals surface area (Å²) in [6, 6.07) is 2.42. The molecule has 1 nitrogen and oxygen atoms in total. The molecule has 0 aromatic heterocycles. The van der Waals surface area contributed by atoms with Crippen LogP contribution in [0, 0.1) is 0 Å². The Labute approximate surface area is 79.8 Å². The minimum Gasteiger partial charge on any atom is -0.419 e. The second-order valence-corrected chi connectivity index (χ2v) is 9.45. The van der Waals surface area contributed by atoms with Crippen LogP contribution in [-0.4, -0.2) is 19.9 Å². The molecule has 0 N–H and O–H groups in total. The van der Waals surface area contributed by atoms with Crippen molar-refractivity contribution >= 4 is 24.2 Å². The van der Waals surface area contributed by atoms with Gasteiger partial charge in [-0.1, -0.05) is 36.7 Å². The molecule has 0 saturated heterocycles. The second kappa shape index (κ2) is 5.33. The van der Waals surface area contributed by atoms with Crippen molar-refractivity contribution in [2.45, 2.75) is 43.7 Å². The summed E-state index contributed by atoms with van der Waals surface area (Å²) in [6.45, 7) is 6.69. The number of halogens is 1. The average molecular weight is 239 g/mol. The monoisotopic (exact) mass is 238 g/mol. The molecule has 0 aromatic carbocycles. The largest absolute Gasteiger partial charge is 0.419 e. The molecule has 3 heteroatoms. The summed E-state index contributed by atoms with van der Waals surface area (Å²) in [5, 5.41) is 0. The summed E-state index contributed by atoms with van der Waals surface area (Å²) < 4.78 is 6.30. The number of rotatable bonds is 5. The highest BCUT2D eigenvalue weighted by molar-refractivity contribution is 9.10. The molecule has 0 heterocycles. The van der Waals surface area contributed by atoms with Crippen LogP contribution in [0.3, 0.4) is 0 Å². The molecule has 0 aliphatic heterocycles. The van der Waals surface area contributed by atoms with Gasteiger partial charge in [-0.15, -0.1) is 0 Å². The Morgan fingerprint density at radius 1 is 1.27 bits per heavy atom. The zero-order chi connectivity index (χ0) is 8.91. The maximum Gasteiger partial charge on any atom is 0.205 e. The van der Waals surface area contributed by atoms with E-state index < -0.39 is 8.32 Å². The predicted octanol–water partition coefficient (Wildman–Crippen LogP) is 3.33. The molecular weight excluding hydrogens is 220 g/mol. The Bertz CT molecular complexity index is 96.0. The fourth-order valence-electron chi connectivity index (χ4n) is 1.48. The van der Waals surface area contributed by atoms with Gasteiger partial charge in [-0.05, 0) is 18.5 Å². The van der Waals surface area contributed by atoms with E-state index in [9.17, 15) is 0 Å². The van der Waals surface area contributed by atoms with Gasteiger partial charge in [0, 0.05) is 11.6 Å². The highest BCUT2D eigenvalue weighted by Gasteiger charge is 2.36. The first-order valence-electron chi connectivity index (χ1n) is 4.36. The molecule has 0 fully saturated rings. The highest BCUT2D eigenvalue weighted by Crippen LogP contribution is 2.27. The predicted molar refractivity (Wildman–Crippen MR) is 56.7 cm³/mol. The van der Waals surface area contributed by atoms with Gasteiger partial charge in [0.15, 0.2) is 0 Å². The standard InChI is InChI=1S/C8H19BrOSi/c1-5-8(9)11(6-2,7-3)10-4/h8H,5-7H2,1-4H3. The Morgan fingerprint density at radius 3 is 1.82 bits per heavy atom. The zero-order valence-corrected chi connectivity index (χ0v) is 10.6. The summed E-state index contributed by atoms with van der Waals surface area (Å²) in [4.78, 5) is 0. The molecule has 0 saturated carbocycles. The SMILES string of the molecule is CCC(Br)[Si](CC)(CC)OC. The van der Waals surface area contributed by atoms with Crippen LogP contribution in [-0.2, 0) is 4.43 Å². The molecule has 0 amide bonds. The highest BCUT2D eigenvalue weighted by atomic mass is 79.9. The van der Waals surface area contributed by atoms with Crippen molar-refractivity contribution in [1.29, 1.82) is 0 Å². The topological polar surface area (TPSA) is 9.23 Å². The van der Waals surface area contributed by atoms with E-state index in [0.29, 0.717) is 4.45 Å². The molecule has 0 bridgehead atoms. The van der Waals surface area contributed by atoms with Crippen LogP contribution >= 0.6 is 15.9 Å². The molecule has 1 atom stereocenters. The van der Waals surface area contributed by atoms with Crippen LogP contribution in [0.5, 0.6) is 0 Å². The first kappa shape index (κ1) is 11.7. The maximum absolute atomic E-state index is 5.68. The zero-order valence-electron chi connectivity index (χ0n) is 7.98. The molecule has 0 aliphatic carbocycles. The summed E-state index contributed by atoms with van der Waals surface area (Å²) in [7, 11) is 0.460. The Morgan fingerprint density at radius 2 is 1.73 bits per heavy atom. The first-order valence-corrected chi connectivity index (χ1v) is 7.67. The smallest absolute Gasteiger partial charge is 0.205 e. The van der Waals surface area contributed by atoms with Crippen LogP contribution in [0.2, 0.25) is 12.1 Å². The van der Waals surface area contributed by atoms with Crippen molar-refractivity contribution in [3.05, 3.63) is 0 Å². The molecule has 68 valence electrons. The summed E-state index contributed by atoms with van der Waals surface area (Å²) in [5.74, 6) is 0. The molecule has 0 aliphatic rings. The lowest BCUT2D eigenvalue weighted by molar-refractivity contribution is 0.389. The summed E-state index contributed by atoms with van der Waals surface area (Å²) >= 11 is 3.72. The van der Waals surface area contributed by atoms with Crippen LogP contribution in [0.15, 0.2) is 0 Å². The minimum atomic E-state index is -1.40. The average Bonchev–Trinajstić information content (AvgIpc) is 2.08. The second-order valence-electron chi connectivity index (χ2n) is 2.85. The summed E-state index contributed by atoms with van der Waals surface area (Å²) in [6.07, 6.45) is 1.18. The van der Waals surface area contributed by atoms with Crippen LogP contribution in [0.25, 0.3) is 0 Å². The van der Waals surface area contributed by atoms with Gasteiger partial charge in [0.1, 0.15) is 0 Å². The van der Waals surface area contributed by atoms with E-state index in [1.807, 2.05) is 7.11 Å².